The molecule has 1 rings (SSSR count). The summed E-state index contributed by atoms with van der Waals surface area (Å²) >= 11 is 0. The van der Waals surface area contributed by atoms with Crippen LogP contribution in [-0.2, 0) is 9.47 Å². The van der Waals surface area contributed by atoms with Crippen molar-refractivity contribution in [3.8, 4) is 0 Å². The molecule has 3 heteroatoms. The molecule has 1 saturated heterocycles. The lowest BCUT2D eigenvalue weighted by atomic mass is 9.99. The first-order valence-corrected chi connectivity index (χ1v) is 4.42. The first kappa shape index (κ1) is 9.96. The fourth-order valence-corrected chi connectivity index (χ4v) is 1.77. The van der Waals surface area contributed by atoms with Gasteiger partial charge in [0.05, 0.1) is 12.7 Å². The fourth-order valence-electron chi connectivity index (χ4n) is 1.77. The molecule has 0 spiro atoms. The molecule has 0 aliphatic carbocycles. The molecular weight excluding hydrogens is 156 g/mol. The second kappa shape index (κ2) is 2.98. The van der Waals surface area contributed by atoms with Gasteiger partial charge in [0, 0.05) is 0 Å². The van der Waals surface area contributed by atoms with Crippen molar-refractivity contribution in [1.29, 1.82) is 0 Å². The largest absolute Gasteiger partial charge is 0.393 e. The fraction of sp³-hybridized carbons (Fsp3) is 1.00. The molecule has 0 saturated carbocycles. The van der Waals surface area contributed by atoms with Gasteiger partial charge in [-0.05, 0) is 27.2 Å². The molecule has 1 fully saturated rings. The van der Waals surface area contributed by atoms with Crippen LogP contribution in [0.2, 0.25) is 0 Å². The normalized spacial score (nSPS) is 40.2. The Balaban J connectivity index is 2.76. The number of hydrogen-bond donors (Lipinski definition) is 1. The van der Waals surface area contributed by atoms with Crippen LogP contribution in [0.4, 0.5) is 0 Å². The van der Waals surface area contributed by atoms with Gasteiger partial charge in [0.15, 0.2) is 5.79 Å². The average Bonchev–Trinajstić information content (AvgIpc) is 2.22. The third-order valence-electron chi connectivity index (χ3n) is 2.27. The maximum absolute atomic E-state index is 9.15. The quantitative estimate of drug-likeness (QED) is 0.685. The standard InChI is InChI=1S/C9H18O3/c1-5-7-9(4,6-10)12-8(2,3)11-7/h7,10H,5-6H2,1-4H3/t7-,9+/m0/s1. The van der Waals surface area contributed by atoms with E-state index in [1.54, 1.807) is 0 Å². The molecule has 0 radical (unpaired) electrons. The van der Waals surface area contributed by atoms with Crippen molar-refractivity contribution in [2.24, 2.45) is 0 Å². The molecule has 1 aliphatic heterocycles. The Morgan fingerprint density at radius 1 is 1.33 bits per heavy atom. The van der Waals surface area contributed by atoms with Crippen molar-refractivity contribution in [3.05, 3.63) is 0 Å². The average molecular weight is 174 g/mol. The smallest absolute Gasteiger partial charge is 0.164 e. The van der Waals surface area contributed by atoms with E-state index in [0.29, 0.717) is 0 Å². The lowest BCUT2D eigenvalue weighted by Crippen LogP contribution is -2.40. The Morgan fingerprint density at radius 3 is 2.25 bits per heavy atom. The monoisotopic (exact) mass is 174 g/mol. The van der Waals surface area contributed by atoms with E-state index in [1.165, 1.54) is 0 Å². The highest BCUT2D eigenvalue weighted by molar-refractivity contribution is 4.91. The number of aliphatic hydroxyl groups excluding tert-OH is 1. The zero-order valence-corrected chi connectivity index (χ0v) is 8.26. The number of hydrogen-bond acceptors (Lipinski definition) is 3. The van der Waals surface area contributed by atoms with Gasteiger partial charge in [-0.2, -0.15) is 0 Å². The zero-order chi connectivity index (χ0) is 9.41. The molecule has 0 bridgehead atoms. The van der Waals surface area contributed by atoms with Crippen LogP contribution in [0, 0.1) is 0 Å². The third kappa shape index (κ3) is 1.63. The van der Waals surface area contributed by atoms with Crippen molar-refractivity contribution < 1.29 is 14.6 Å². The Labute approximate surface area is 73.7 Å². The summed E-state index contributed by atoms with van der Waals surface area (Å²) in [6, 6.07) is 0. The van der Waals surface area contributed by atoms with Crippen LogP contribution in [0.5, 0.6) is 0 Å². The minimum Gasteiger partial charge on any atom is -0.393 e. The molecule has 0 aromatic heterocycles. The van der Waals surface area contributed by atoms with Gasteiger partial charge >= 0.3 is 0 Å². The van der Waals surface area contributed by atoms with Gasteiger partial charge in [-0.25, -0.2) is 0 Å². The van der Waals surface area contributed by atoms with Crippen molar-refractivity contribution in [2.45, 2.75) is 51.6 Å². The van der Waals surface area contributed by atoms with Gasteiger partial charge in [-0.15, -0.1) is 0 Å². The summed E-state index contributed by atoms with van der Waals surface area (Å²) in [5.74, 6) is -0.557. The molecule has 0 aromatic carbocycles. The lowest BCUT2D eigenvalue weighted by Gasteiger charge is -2.25. The molecular formula is C9H18O3. The Morgan fingerprint density at radius 2 is 1.92 bits per heavy atom. The van der Waals surface area contributed by atoms with E-state index in [-0.39, 0.29) is 12.7 Å². The van der Waals surface area contributed by atoms with E-state index in [4.69, 9.17) is 14.6 Å². The molecule has 0 unspecified atom stereocenters. The maximum Gasteiger partial charge on any atom is 0.164 e. The van der Waals surface area contributed by atoms with E-state index in [9.17, 15) is 0 Å². The molecule has 2 atom stereocenters. The number of rotatable bonds is 2. The molecule has 12 heavy (non-hydrogen) atoms. The summed E-state index contributed by atoms with van der Waals surface area (Å²) in [4.78, 5) is 0. The van der Waals surface area contributed by atoms with Gasteiger partial charge in [0.25, 0.3) is 0 Å². The van der Waals surface area contributed by atoms with E-state index < -0.39 is 11.4 Å². The summed E-state index contributed by atoms with van der Waals surface area (Å²) in [7, 11) is 0. The van der Waals surface area contributed by atoms with Crippen LogP contribution in [0.25, 0.3) is 0 Å². The highest BCUT2D eigenvalue weighted by Crippen LogP contribution is 2.37. The molecule has 1 heterocycles. The van der Waals surface area contributed by atoms with E-state index in [0.717, 1.165) is 6.42 Å². The summed E-state index contributed by atoms with van der Waals surface area (Å²) in [5, 5.41) is 9.15. The second-order valence-corrected chi connectivity index (χ2v) is 3.99. The summed E-state index contributed by atoms with van der Waals surface area (Å²) in [6.45, 7) is 7.67. The third-order valence-corrected chi connectivity index (χ3v) is 2.27. The lowest BCUT2D eigenvalue weighted by molar-refractivity contribution is -0.166. The Bertz CT molecular complexity index is 167. The van der Waals surface area contributed by atoms with Crippen LogP contribution in [0.3, 0.4) is 0 Å². The Hall–Kier alpha value is -0.120. The highest BCUT2D eigenvalue weighted by atomic mass is 16.8. The SMILES string of the molecule is CC[C@@H]1OC(C)(C)O[C@]1(C)CO. The molecule has 0 amide bonds. The first-order valence-electron chi connectivity index (χ1n) is 4.42. The van der Waals surface area contributed by atoms with E-state index in [1.807, 2.05) is 27.7 Å². The van der Waals surface area contributed by atoms with Crippen LogP contribution >= 0.6 is 0 Å². The maximum atomic E-state index is 9.15. The first-order chi connectivity index (χ1) is 5.43. The van der Waals surface area contributed by atoms with Crippen LogP contribution in [0.15, 0.2) is 0 Å². The van der Waals surface area contributed by atoms with Crippen molar-refractivity contribution in [1.82, 2.24) is 0 Å². The van der Waals surface area contributed by atoms with E-state index >= 15 is 0 Å². The van der Waals surface area contributed by atoms with Crippen molar-refractivity contribution in [2.75, 3.05) is 6.61 Å². The van der Waals surface area contributed by atoms with Gasteiger partial charge in [0.1, 0.15) is 5.60 Å². The predicted molar refractivity (Wildman–Crippen MR) is 45.8 cm³/mol. The predicted octanol–water partition coefficient (Wildman–Crippen LogP) is 1.30. The Kier molecular flexibility index (Phi) is 2.47. The number of ether oxygens (including phenoxy) is 2. The minimum absolute atomic E-state index is 0.00231. The van der Waals surface area contributed by atoms with Gasteiger partial charge < -0.3 is 14.6 Å². The van der Waals surface area contributed by atoms with Gasteiger partial charge in [-0.3, -0.25) is 0 Å². The topological polar surface area (TPSA) is 38.7 Å². The van der Waals surface area contributed by atoms with E-state index in [2.05, 4.69) is 0 Å². The van der Waals surface area contributed by atoms with Gasteiger partial charge in [-0.1, -0.05) is 6.92 Å². The summed E-state index contributed by atoms with van der Waals surface area (Å²) in [5.41, 5.74) is -0.530. The van der Waals surface area contributed by atoms with Crippen LogP contribution in [0.1, 0.15) is 34.1 Å². The zero-order valence-electron chi connectivity index (χ0n) is 8.26. The minimum atomic E-state index is -0.557. The van der Waals surface area contributed by atoms with Crippen LogP contribution in [-0.4, -0.2) is 29.2 Å². The molecule has 72 valence electrons. The summed E-state index contributed by atoms with van der Waals surface area (Å²) in [6.07, 6.45) is 0.859. The molecule has 1 aliphatic rings. The highest BCUT2D eigenvalue weighted by Gasteiger charge is 2.48. The van der Waals surface area contributed by atoms with Crippen LogP contribution < -0.4 is 0 Å². The summed E-state index contributed by atoms with van der Waals surface area (Å²) < 4.78 is 11.2. The van der Waals surface area contributed by atoms with Crippen molar-refractivity contribution in [3.63, 3.8) is 0 Å². The number of aliphatic hydroxyl groups is 1. The second-order valence-electron chi connectivity index (χ2n) is 3.99. The molecule has 0 aromatic rings. The van der Waals surface area contributed by atoms with Crippen molar-refractivity contribution >= 4 is 0 Å². The molecule has 1 N–H and O–H groups in total. The van der Waals surface area contributed by atoms with Gasteiger partial charge in [0.2, 0.25) is 0 Å². The molecule has 3 nitrogen and oxygen atoms in total.